The fourth-order valence-electron chi connectivity index (χ4n) is 2.60. The molecular formula is C23H20FNO3S. The Kier molecular flexibility index (Phi) is 7.41. The molecule has 29 heavy (non-hydrogen) atoms. The fourth-order valence-corrected chi connectivity index (χ4v) is 3.46. The lowest BCUT2D eigenvalue weighted by Crippen LogP contribution is -2.26. The van der Waals surface area contributed by atoms with Crippen molar-refractivity contribution in [3.05, 3.63) is 96.3 Å². The molecule has 0 aliphatic rings. The molecule has 1 atom stereocenters. The predicted octanol–water partition coefficient (Wildman–Crippen LogP) is 5.23. The molecule has 1 N–H and O–H groups in total. The third kappa shape index (κ3) is 6.47. The van der Waals surface area contributed by atoms with Crippen LogP contribution in [0.5, 0.6) is 0 Å². The van der Waals surface area contributed by atoms with E-state index in [1.165, 1.54) is 24.3 Å². The van der Waals surface area contributed by atoms with E-state index in [0.29, 0.717) is 17.0 Å². The van der Waals surface area contributed by atoms with Gasteiger partial charge in [0.25, 0.3) is 5.91 Å². The van der Waals surface area contributed by atoms with Crippen LogP contribution in [0.4, 0.5) is 10.1 Å². The van der Waals surface area contributed by atoms with Crippen LogP contribution in [0.25, 0.3) is 0 Å². The van der Waals surface area contributed by atoms with Crippen molar-refractivity contribution in [3.63, 3.8) is 0 Å². The van der Waals surface area contributed by atoms with Crippen LogP contribution in [-0.4, -0.2) is 17.6 Å². The van der Waals surface area contributed by atoms with Gasteiger partial charge in [-0.05, 0) is 36.4 Å². The number of ether oxygens (including phenoxy) is 1. The Morgan fingerprint density at radius 1 is 0.897 bits per heavy atom. The van der Waals surface area contributed by atoms with Gasteiger partial charge in [-0.25, -0.2) is 4.39 Å². The number of amides is 1. The summed E-state index contributed by atoms with van der Waals surface area (Å²) in [5.74, 6) is -0.808. The standard InChI is InChI=1S/C23H20FNO3S/c24-18-11-13-19(14-12-18)25-23(27)22(17-7-3-1-4-8-17)28-21(26)15-16-29-20-9-5-2-6-10-20/h1-14,22H,15-16H2,(H,25,27)/t22-/m1/s1. The third-order valence-electron chi connectivity index (χ3n) is 4.02. The minimum atomic E-state index is -1.09. The molecule has 0 fully saturated rings. The van der Waals surface area contributed by atoms with Gasteiger partial charge in [0.05, 0.1) is 6.42 Å². The van der Waals surface area contributed by atoms with Gasteiger partial charge in [-0.3, -0.25) is 9.59 Å². The van der Waals surface area contributed by atoms with Gasteiger partial charge in [-0.15, -0.1) is 11.8 Å². The average molecular weight is 409 g/mol. The number of thioether (sulfide) groups is 1. The Balaban J connectivity index is 1.63. The van der Waals surface area contributed by atoms with E-state index >= 15 is 0 Å². The molecule has 0 saturated heterocycles. The first-order valence-corrected chi connectivity index (χ1v) is 10.1. The summed E-state index contributed by atoms with van der Waals surface area (Å²) in [6, 6.07) is 24.0. The van der Waals surface area contributed by atoms with Crippen LogP contribution in [-0.2, 0) is 14.3 Å². The summed E-state index contributed by atoms with van der Waals surface area (Å²) < 4.78 is 18.6. The minimum absolute atomic E-state index is 0.173. The number of anilines is 1. The topological polar surface area (TPSA) is 55.4 Å². The van der Waals surface area contributed by atoms with Crippen molar-refractivity contribution in [2.75, 3.05) is 11.1 Å². The summed E-state index contributed by atoms with van der Waals surface area (Å²) in [6.45, 7) is 0. The van der Waals surface area contributed by atoms with E-state index in [-0.39, 0.29) is 6.42 Å². The van der Waals surface area contributed by atoms with Crippen molar-refractivity contribution >= 4 is 29.3 Å². The molecule has 148 valence electrons. The molecule has 0 bridgehead atoms. The van der Waals surface area contributed by atoms with Gasteiger partial charge in [0.1, 0.15) is 5.82 Å². The highest BCUT2D eigenvalue weighted by molar-refractivity contribution is 7.99. The van der Waals surface area contributed by atoms with E-state index in [4.69, 9.17) is 4.74 Å². The maximum absolute atomic E-state index is 13.1. The van der Waals surface area contributed by atoms with Gasteiger partial charge in [-0.2, -0.15) is 0 Å². The Bertz CT molecular complexity index is 933. The zero-order valence-electron chi connectivity index (χ0n) is 15.6. The summed E-state index contributed by atoms with van der Waals surface area (Å²) in [4.78, 5) is 26.2. The van der Waals surface area contributed by atoms with Crippen LogP contribution in [0.2, 0.25) is 0 Å². The van der Waals surface area contributed by atoms with E-state index in [0.717, 1.165) is 4.90 Å². The van der Waals surface area contributed by atoms with Gasteiger partial charge in [0.15, 0.2) is 0 Å². The van der Waals surface area contributed by atoms with Crippen molar-refractivity contribution in [3.8, 4) is 0 Å². The summed E-state index contributed by atoms with van der Waals surface area (Å²) in [7, 11) is 0. The van der Waals surface area contributed by atoms with Gasteiger partial charge in [-0.1, -0.05) is 48.5 Å². The molecule has 3 aromatic carbocycles. The number of rotatable bonds is 8. The van der Waals surface area contributed by atoms with E-state index in [1.54, 1.807) is 36.0 Å². The second-order valence-electron chi connectivity index (χ2n) is 6.19. The smallest absolute Gasteiger partial charge is 0.307 e. The number of hydrogen-bond acceptors (Lipinski definition) is 4. The number of benzene rings is 3. The second kappa shape index (κ2) is 10.4. The number of esters is 1. The van der Waals surface area contributed by atoms with Crippen LogP contribution < -0.4 is 5.32 Å². The number of carbonyl (C=O) groups excluding carboxylic acids is 2. The van der Waals surface area contributed by atoms with Crippen molar-refractivity contribution in [2.45, 2.75) is 17.4 Å². The zero-order valence-corrected chi connectivity index (χ0v) is 16.4. The van der Waals surface area contributed by atoms with Crippen LogP contribution >= 0.6 is 11.8 Å². The van der Waals surface area contributed by atoms with Crippen molar-refractivity contribution in [1.29, 1.82) is 0 Å². The summed E-state index contributed by atoms with van der Waals surface area (Å²) >= 11 is 1.55. The number of halogens is 1. The van der Waals surface area contributed by atoms with Gasteiger partial charge >= 0.3 is 5.97 Å². The van der Waals surface area contributed by atoms with Crippen LogP contribution in [0.1, 0.15) is 18.1 Å². The Morgan fingerprint density at radius 2 is 1.52 bits per heavy atom. The maximum Gasteiger partial charge on any atom is 0.307 e. The SMILES string of the molecule is O=C(CCSc1ccccc1)O[C@@H](C(=O)Nc1ccc(F)cc1)c1ccccc1. The van der Waals surface area contributed by atoms with Gasteiger partial charge < -0.3 is 10.1 Å². The number of hydrogen-bond donors (Lipinski definition) is 1. The molecule has 1 amide bonds. The second-order valence-corrected chi connectivity index (χ2v) is 7.36. The molecule has 0 unspecified atom stereocenters. The quantitative estimate of drug-likeness (QED) is 0.409. The first-order chi connectivity index (χ1) is 14.1. The zero-order chi connectivity index (χ0) is 20.5. The van der Waals surface area contributed by atoms with Crippen molar-refractivity contribution in [1.82, 2.24) is 0 Å². The average Bonchev–Trinajstić information content (AvgIpc) is 2.75. The molecule has 0 spiro atoms. The molecular weight excluding hydrogens is 389 g/mol. The maximum atomic E-state index is 13.1. The Hall–Kier alpha value is -3.12. The highest BCUT2D eigenvalue weighted by Gasteiger charge is 2.25. The first kappa shape index (κ1) is 20.6. The largest absolute Gasteiger partial charge is 0.447 e. The lowest BCUT2D eigenvalue weighted by Gasteiger charge is -2.18. The molecule has 6 heteroatoms. The normalized spacial score (nSPS) is 11.5. The molecule has 0 heterocycles. The lowest BCUT2D eigenvalue weighted by molar-refractivity contribution is -0.154. The van der Waals surface area contributed by atoms with Gasteiger partial charge in [0.2, 0.25) is 6.10 Å². The Labute approximate surface area is 173 Å². The molecule has 3 aromatic rings. The summed E-state index contributed by atoms with van der Waals surface area (Å²) in [5, 5.41) is 2.67. The van der Waals surface area contributed by atoms with E-state index in [2.05, 4.69) is 5.32 Å². The molecule has 3 rings (SSSR count). The molecule has 0 saturated carbocycles. The van der Waals surface area contributed by atoms with Crippen molar-refractivity contribution in [2.24, 2.45) is 0 Å². The first-order valence-electron chi connectivity index (χ1n) is 9.10. The molecule has 0 aliphatic heterocycles. The van der Waals surface area contributed by atoms with E-state index in [9.17, 15) is 14.0 Å². The monoisotopic (exact) mass is 409 g/mol. The molecule has 4 nitrogen and oxygen atoms in total. The van der Waals surface area contributed by atoms with Crippen LogP contribution in [0, 0.1) is 5.82 Å². The van der Waals surface area contributed by atoms with Crippen LogP contribution in [0.15, 0.2) is 89.8 Å². The Morgan fingerprint density at radius 3 is 2.17 bits per heavy atom. The van der Waals surface area contributed by atoms with E-state index in [1.807, 2.05) is 36.4 Å². The number of carbonyl (C=O) groups is 2. The number of nitrogens with one attached hydrogen (secondary N) is 1. The van der Waals surface area contributed by atoms with Crippen LogP contribution in [0.3, 0.4) is 0 Å². The van der Waals surface area contributed by atoms with Gasteiger partial charge in [0, 0.05) is 21.9 Å². The third-order valence-corrected chi connectivity index (χ3v) is 5.03. The fraction of sp³-hybridized carbons (Fsp3) is 0.130. The highest BCUT2D eigenvalue weighted by atomic mass is 32.2. The molecule has 0 aliphatic carbocycles. The predicted molar refractivity (Wildman–Crippen MR) is 112 cm³/mol. The highest BCUT2D eigenvalue weighted by Crippen LogP contribution is 2.23. The summed E-state index contributed by atoms with van der Waals surface area (Å²) in [5.41, 5.74) is 0.990. The molecule has 0 radical (unpaired) electrons. The van der Waals surface area contributed by atoms with Crippen molar-refractivity contribution < 1.29 is 18.7 Å². The minimum Gasteiger partial charge on any atom is -0.447 e. The lowest BCUT2D eigenvalue weighted by atomic mass is 10.1. The van der Waals surface area contributed by atoms with E-state index < -0.39 is 23.8 Å². The molecule has 0 aromatic heterocycles. The summed E-state index contributed by atoms with van der Waals surface area (Å²) in [6.07, 6.45) is -0.914.